The minimum Gasteiger partial charge on any atom is -0.411 e. The number of non-ortho nitro benzene ring substituents is 1. The molecule has 31 heavy (non-hydrogen) atoms. The van der Waals surface area contributed by atoms with Gasteiger partial charge in [0.15, 0.2) is 8.32 Å². The Morgan fingerprint density at radius 3 is 2.19 bits per heavy atom. The second-order valence-electron chi connectivity index (χ2n) is 9.31. The van der Waals surface area contributed by atoms with Crippen LogP contribution in [0.2, 0.25) is 18.1 Å². The molecule has 0 bridgehead atoms. The number of azide groups is 1. The molecular formula is C19H32N4O6SSi. The third-order valence-corrected chi connectivity index (χ3v) is 11.1. The minimum absolute atomic E-state index is 0.152. The fourth-order valence-corrected chi connectivity index (χ4v) is 4.81. The van der Waals surface area contributed by atoms with Crippen molar-refractivity contribution in [3.05, 3.63) is 44.8 Å². The molecule has 174 valence electrons. The van der Waals surface area contributed by atoms with Gasteiger partial charge in [-0.3, -0.25) is 14.3 Å². The highest BCUT2D eigenvalue weighted by atomic mass is 32.2. The van der Waals surface area contributed by atoms with Gasteiger partial charge in [0.25, 0.3) is 15.8 Å². The number of hydrogen-bond donors (Lipinski definition) is 0. The number of rotatable bonds is 11. The van der Waals surface area contributed by atoms with Gasteiger partial charge in [-0.25, -0.2) is 0 Å². The number of benzene rings is 1. The monoisotopic (exact) mass is 472 g/mol. The predicted molar refractivity (Wildman–Crippen MR) is 121 cm³/mol. The molecule has 0 heterocycles. The smallest absolute Gasteiger partial charge is 0.297 e. The van der Waals surface area contributed by atoms with Gasteiger partial charge in [0.05, 0.1) is 28.6 Å². The van der Waals surface area contributed by atoms with Crippen molar-refractivity contribution >= 4 is 24.1 Å². The van der Waals surface area contributed by atoms with Crippen LogP contribution in [0.4, 0.5) is 5.69 Å². The number of hydrogen-bond acceptors (Lipinski definition) is 7. The molecule has 0 aliphatic rings. The van der Waals surface area contributed by atoms with E-state index in [0.717, 1.165) is 24.3 Å². The van der Waals surface area contributed by atoms with Crippen molar-refractivity contribution in [1.82, 2.24) is 0 Å². The molecule has 1 aromatic rings. The van der Waals surface area contributed by atoms with Crippen LogP contribution in [0.15, 0.2) is 34.3 Å². The summed E-state index contributed by atoms with van der Waals surface area (Å²) < 4.78 is 36.9. The molecule has 0 fully saturated rings. The molecule has 0 amide bonds. The Hall–Kier alpha value is -1.98. The van der Waals surface area contributed by atoms with Crippen molar-refractivity contribution in [2.45, 2.75) is 76.2 Å². The highest BCUT2D eigenvalue weighted by Gasteiger charge is 2.41. The van der Waals surface area contributed by atoms with Gasteiger partial charge in [0, 0.05) is 17.0 Å². The normalized spacial score (nSPS) is 14.7. The first-order chi connectivity index (χ1) is 14.1. The number of nitro benzene ring substituents is 1. The molecule has 1 rings (SSSR count). The van der Waals surface area contributed by atoms with Crippen LogP contribution in [-0.2, 0) is 18.7 Å². The lowest BCUT2D eigenvalue weighted by Gasteiger charge is -2.40. The van der Waals surface area contributed by atoms with Crippen LogP contribution in [0.3, 0.4) is 0 Å². The standard InChI is InChI=1S/C19H32N4O6SSi/c1-14(2)12-17(21-22-20)18(29-31(6,7)19(3,4)5)13-28-30(26,27)16-10-8-15(9-11-16)23(24)25/h8-11,14,17-18H,12-13H2,1-7H3/t17-,18+/m0/s1. The Morgan fingerprint density at radius 2 is 1.77 bits per heavy atom. The Morgan fingerprint density at radius 1 is 1.23 bits per heavy atom. The van der Waals surface area contributed by atoms with Crippen LogP contribution in [0.1, 0.15) is 41.0 Å². The summed E-state index contributed by atoms with van der Waals surface area (Å²) in [5, 5.41) is 14.5. The van der Waals surface area contributed by atoms with Crippen molar-refractivity contribution in [2.75, 3.05) is 6.61 Å². The summed E-state index contributed by atoms with van der Waals surface area (Å²) >= 11 is 0. The summed E-state index contributed by atoms with van der Waals surface area (Å²) in [5.41, 5.74) is 8.81. The van der Waals surface area contributed by atoms with Crippen LogP contribution in [0, 0.1) is 16.0 Å². The van der Waals surface area contributed by atoms with Crippen LogP contribution in [0.25, 0.3) is 10.4 Å². The van der Waals surface area contributed by atoms with E-state index in [9.17, 15) is 18.5 Å². The van der Waals surface area contributed by atoms with E-state index >= 15 is 0 Å². The summed E-state index contributed by atoms with van der Waals surface area (Å²) in [6.07, 6.45) is -0.253. The van der Waals surface area contributed by atoms with E-state index in [1.165, 1.54) is 0 Å². The topological polar surface area (TPSA) is 144 Å². The molecule has 0 radical (unpaired) electrons. The van der Waals surface area contributed by atoms with Crippen LogP contribution in [0.5, 0.6) is 0 Å². The predicted octanol–water partition coefficient (Wildman–Crippen LogP) is 5.42. The van der Waals surface area contributed by atoms with Gasteiger partial charge >= 0.3 is 0 Å². The molecule has 0 unspecified atom stereocenters. The maximum absolute atomic E-state index is 12.6. The first kappa shape index (κ1) is 27.1. The van der Waals surface area contributed by atoms with Crippen LogP contribution < -0.4 is 0 Å². The highest BCUT2D eigenvalue weighted by molar-refractivity contribution is 7.86. The molecule has 0 saturated carbocycles. The maximum atomic E-state index is 12.6. The zero-order chi connectivity index (χ0) is 24.0. The highest BCUT2D eigenvalue weighted by Crippen LogP contribution is 2.38. The lowest BCUT2D eigenvalue weighted by molar-refractivity contribution is -0.384. The lowest BCUT2D eigenvalue weighted by atomic mass is 10.0. The average Bonchev–Trinajstić information content (AvgIpc) is 2.63. The van der Waals surface area contributed by atoms with Gasteiger partial charge < -0.3 is 4.43 Å². The largest absolute Gasteiger partial charge is 0.411 e. The van der Waals surface area contributed by atoms with Crippen LogP contribution >= 0.6 is 0 Å². The van der Waals surface area contributed by atoms with E-state index < -0.39 is 35.5 Å². The third kappa shape index (κ3) is 7.89. The van der Waals surface area contributed by atoms with Crippen molar-refractivity contribution in [1.29, 1.82) is 0 Å². The molecule has 10 nitrogen and oxygen atoms in total. The average molecular weight is 473 g/mol. The van der Waals surface area contributed by atoms with E-state index in [-0.39, 0.29) is 28.1 Å². The van der Waals surface area contributed by atoms with Crippen molar-refractivity contribution in [2.24, 2.45) is 11.0 Å². The zero-order valence-electron chi connectivity index (χ0n) is 19.1. The van der Waals surface area contributed by atoms with Gasteiger partial charge in [-0.15, -0.1) is 0 Å². The van der Waals surface area contributed by atoms with E-state index in [4.69, 9.17) is 14.1 Å². The molecule has 0 spiro atoms. The third-order valence-electron chi connectivity index (χ3n) is 5.32. The first-order valence-corrected chi connectivity index (χ1v) is 14.3. The fraction of sp³-hybridized carbons (Fsp3) is 0.684. The Kier molecular flexibility index (Phi) is 9.21. The molecule has 1 aromatic carbocycles. The second-order valence-corrected chi connectivity index (χ2v) is 15.7. The quantitative estimate of drug-likeness (QED) is 0.0800. The first-order valence-electron chi connectivity index (χ1n) is 9.96. The van der Waals surface area contributed by atoms with Gasteiger partial charge in [-0.1, -0.05) is 39.7 Å². The van der Waals surface area contributed by atoms with Gasteiger partial charge in [-0.05, 0) is 48.1 Å². The maximum Gasteiger partial charge on any atom is 0.297 e. The summed E-state index contributed by atoms with van der Waals surface area (Å²) in [7, 11) is -6.53. The lowest BCUT2D eigenvalue weighted by Crippen LogP contribution is -2.48. The van der Waals surface area contributed by atoms with Crippen molar-refractivity contribution in [3.8, 4) is 0 Å². The molecule has 0 aromatic heterocycles. The Balaban J connectivity index is 3.18. The summed E-state index contributed by atoms with van der Waals surface area (Å²) in [6, 6.07) is 3.83. The minimum atomic E-state index is -4.19. The Labute approximate surface area is 185 Å². The van der Waals surface area contributed by atoms with E-state index in [1.807, 2.05) is 26.9 Å². The molecule has 0 saturated heterocycles. The second kappa shape index (κ2) is 10.6. The van der Waals surface area contributed by atoms with E-state index in [1.54, 1.807) is 0 Å². The molecule has 0 aliphatic carbocycles. The summed E-state index contributed by atoms with van der Waals surface area (Å²) in [5.74, 6) is 0.187. The van der Waals surface area contributed by atoms with Gasteiger partial charge in [0.1, 0.15) is 0 Å². The van der Waals surface area contributed by atoms with Gasteiger partial charge in [-0.2, -0.15) is 8.42 Å². The number of nitrogens with zero attached hydrogens (tertiary/aromatic N) is 4. The molecule has 0 aliphatic heterocycles. The van der Waals surface area contributed by atoms with Crippen molar-refractivity contribution < 1.29 is 22.0 Å². The molecule has 0 N–H and O–H groups in total. The van der Waals surface area contributed by atoms with Crippen molar-refractivity contribution in [3.63, 3.8) is 0 Å². The summed E-state index contributed by atoms with van der Waals surface area (Å²) in [6.45, 7) is 13.8. The number of nitro groups is 1. The summed E-state index contributed by atoms with van der Waals surface area (Å²) in [4.78, 5) is 12.9. The SMILES string of the molecule is CC(C)C[C@H](N=[N+]=[N-])[C@@H](COS(=O)(=O)c1ccc([N+](=O)[O-])cc1)O[Si](C)(C)C(C)(C)C. The van der Waals surface area contributed by atoms with Gasteiger partial charge in [0.2, 0.25) is 0 Å². The molecule has 12 heteroatoms. The van der Waals surface area contributed by atoms with E-state index in [2.05, 4.69) is 30.8 Å². The molecular weight excluding hydrogens is 440 g/mol. The molecule has 2 atom stereocenters. The van der Waals surface area contributed by atoms with Crippen LogP contribution in [-0.4, -0.2) is 40.4 Å². The Bertz CT molecular complexity index is 906. The fourth-order valence-electron chi connectivity index (χ4n) is 2.56. The van der Waals surface area contributed by atoms with E-state index in [0.29, 0.717) is 6.42 Å². The zero-order valence-corrected chi connectivity index (χ0v) is 20.9.